The van der Waals surface area contributed by atoms with Crippen molar-refractivity contribution in [2.45, 2.75) is 39.4 Å². The van der Waals surface area contributed by atoms with Crippen LogP contribution in [0.4, 0.5) is 0 Å². The van der Waals surface area contributed by atoms with E-state index in [4.69, 9.17) is 14.6 Å². The van der Waals surface area contributed by atoms with Gasteiger partial charge in [0.25, 0.3) is 5.91 Å². The molecule has 0 aromatic carbocycles. The molecule has 2 aliphatic rings. The summed E-state index contributed by atoms with van der Waals surface area (Å²) in [6.45, 7) is 6.69. The lowest BCUT2D eigenvalue weighted by molar-refractivity contribution is -0.153. The Hall–Kier alpha value is -1.07. The van der Waals surface area contributed by atoms with Crippen LogP contribution in [0.25, 0.3) is 0 Å². The first-order valence-electron chi connectivity index (χ1n) is 7.52. The van der Waals surface area contributed by atoms with Crippen molar-refractivity contribution in [2.75, 3.05) is 26.3 Å². The molecule has 0 unspecified atom stereocenters. The van der Waals surface area contributed by atoms with Crippen molar-refractivity contribution in [3.05, 3.63) is 11.8 Å². The zero-order chi connectivity index (χ0) is 14.5. The minimum atomic E-state index is -0.343. The van der Waals surface area contributed by atoms with Gasteiger partial charge >= 0.3 is 0 Å². The van der Waals surface area contributed by atoms with E-state index in [9.17, 15) is 4.79 Å². The number of nitrogens with zero attached hydrogens (tertiary/aromatic N) is 1. The van der Waals surface area contributed by atoms with E-state index in [1.165, 1.54) is 0 Å². The molecule has 0 aliphatic carbocycles. The van der Waals surface area contributed by atoms with Crippen LogP contribution >= 0.6 is 0 Å². The Kier molecular flexibility index (Phi) is 5.43. The van der Waals surface area contributed by atoms with E-state index in [2.05, 4.69) is 13.8 Å². The SMILES string of the molecule is CC(C)[C@H]1C=C(C(=O)N2CC2)O[C@@H](OCCCCO)C1. The summed E-state index contributed by atoms with van der Waals surface area (Å²) in [5.41, 5.74) is 0. The lowest BCUT2D eigenvalue weighted by Crippen LogP contribution is -2.31. The number of carbonyl (C=O) groups is 1. The molecule has 2 heterocycles. The maximum atomic E-state index is 12.1. The second-order valence-electron chi connectivity index (χ2n) is 5.82. The van der Waals surface area contributed by atoms with Gasteiger partial charge in [-0.1, -0.05) is 13.8 Å². The highest BCUT2D eigenvalue weighted by Gasteiger charge is 2.34. The monoisotopic (exact) mass is 283 g/mol. The third-order valence-corrected chi connectivity index (χ3v) is 3.75. The van der Waals surface area contributed by atoms with Crippen LogP contribution < -0.4 is 0 Å². The highest BCUT2D eigenvalue weighted by atomic mass is 16.7. The molecule has 114 valence electrons. The lowest BCUT2D eigenvalue weighted by Gasteiger charge is -2.30. The molecule has 2 rings (SSSR count). The van der Waals surface area contributed by atoms with Gasteiger partial charge in [-0.2, -0.15) is 0 Å². The number of unbranched alkanes of at least 4 members (excludes halogenated alkanes) is 1. The quantitative estimate of drug-likeness (QED) is 0.568. The van der Waals surface area contributed by atoms with Crippen molar-refractivity contribution in [3.63, 3.8) is 0 Å². The standard InChI is InChI=1S/C15H25NO4/c1-11(2)12-9-13(15(18)16-5-6-16)20-14(10-12)19-8-4-3-7-17/h9,11-12,14,17H,3-8,10H2,1-2H3/t12-,14+/m0/s1. The topological polar surface area (TPSA) is 58.8 Å². The predicted molar refractivity (Wildman–Crippen MR) is 74.8 cm³/mol. The van der Waals surface area contributed by atoms with Gasteiger partial charge in [0.05, 0.1) is 6.61 Å². The van der Waals surface area contributed by atoms with Gasteiger partial charge in [0.15, 0.2) is 5.76 Å². The molecule has 1 saturated heterocycles. The van der Waals surface area contributed by atoms with Crippen LogP contribution in [0.15, 0.2) is 11.8 Å². The summed E-state index contributed by atoms with van der Waals surface area (Å²) in [6.07, 6.45) is 3.94. The molecule has 5 heteroatoms. The van der Waals surface area contributed by atoms with E-state index >= 15 is 0 Å². The predicted octanol–water partition coefficient (Wildman–Crippen LogP) is 1.52. The highest BCUT2D eigenvalue weighted by molar-refractivity contribution is 5.93. The first-order chi connectivity index (χ1) is 9.61. The molecular weight excluding hydrogens is 258 g/mol. The summed E-state index contributed by atoms with van der Waals surface area (Å²) in [5, 5.41) is 8.75. The van der Waals surface area contributed by atoms with Crippen LogP contribution in [0.3, 0.4) is 0 Å². The van der Waals surface area contributed by atoms with Crippen molar-refractivity contribution in [1.82, 2.24) is 4.90 Å². The molecule has 0 aromatic heterocycles. The summed E-state index contributed by atoms with van der Waals surface area (Å²) in [6, 6.07) is 0. The normalized spacial score (nSPS) is 25.4. The van der Waals surface area contributed by atoms with Gasteiger partial charge < -0.3 is 19.5 Å². The lowest BCUT2D eigenvalue weighted by atomic mass is 9.90. The molecular formula is C15H25NO4. The van der Waals surface area contributed by atoms with Crippen molar-refractivity contribution in [3.8, 4) is 0 Å². The molecule has 0 saturated carbocycles. The van der Waals surface area contributed by atoms with Crippen molar-refractivity contribution >= 4 is 5.91 Å². The zero-order valence-corrected chi connectivity index (χ0v) is 12.4. The molecule has 20 heavy (non-hydrogen) atoms. The van der Waals surface area contributed by atoms with Gasteiger partial charge in [0.2, 0.25) is 6.29 Å². The maximum Gasteiger partial charge on any atom is 0.288 e. The van der Waals surface area contributed by atoms with Gasteiger partial charge in [-0.3, -0.25) is 4.79 Å². The van der Waals surface area contributed by atoms with Crippen LogP contribution in [-0.2, 0) is 14.3 Å². The van der Waals surface area contributed by atoms with Gasteiger partial charge in [-0.25, -0.2) is 0 Å². The zero-order valence-electron chi connectivity index (χ0n) is 12.4. The van der Waals surface area contributed by atoms with E-state index in [1.54, 1.807) is 4.90 Å². The fourth-order valence-corrected chi connectivity index (χ4v) is 2.24. The number of aliphatic hydroxyl groups is 1. The van der Waals surface area contributed by atoms with Gasteiger partial charge in [-0.15, -0.1) is 0 Å². The third-order valence-electron chi connectivity index (χ3n) is 3.75. The highest BCUT2D eigenvalue weighted by Crippen LogP contribution is 2.30. The largest absolute Gasteiger partial charge is 0.459 e. The minimum Gasteiger partial charge on any atom is -0.459 e. The number of hydrogen-bond donors (Lipinski definition) is 1. The van der Waals surface area contributed by atoms with E-state index in [0.29, 0.717) is 24.2 Å². The molecule has 1 fully saturated rings. The Morgan fingerprint density at radius 3 is 2.85 bits per heavy atom. The van der Waals surface area contributed by atoms with Crippen LogP contribution in [0.5, 0.6) is 0 Å². The number of hydrogen-bond acceptors (Lipinski definition) is 4. The van der Waals surface area contributed by atoms with Gasteiger partial charge in [0.1, 0.15) is 0 Å². The second-order valence-corrected chi connectivity index (χ2v) is 5.82. The van der Waals surface area contributed by atoms with Gasteiger partial charge in [-0.05, 0) is 30.8 Å². The number of rotatable bonds is 7. The van der Waals surface area contributed by atoms with E-state index < -0.39 is 0 Å². The van der Waals surface area contributed by atoms with Crippen LogP contribution in [-0.4, -0.2) is 48.5 Å². The summed E-state index contributed by atoms with van der Waals surface area (Å²) in [7, 11) is 0. The van der Waals surface area contributed by atoms with E-state index in [-0.39, 0.29) is 18.8 Å². The number of amides is 1. The van der Waals surface area contributed by atoms with Crippen molar-refractivity contribution in [2.24, 2.45) is 11.8 Å². The maximum absolute atomic E-state index is 12.1. The average molecular weight is 283 g/mol. The number of ether oxygens (including phenoxy) is 2. The molecule has 0 spiro atoms. The molecule has 1 N–H and O–H groups in total. The Morgan fingerprint density at radius 2 is 2.25 bits per heavy atom. The molecule has 1 amide bonds. The van der Waals surface area contributed by atoms with Gasteiger partial charge in [0, 0.05) is 26.1 Å². The summed E-state index contributed by atoms with van der Waals surface area (Å²) >= 11 is 0. The fraction of sp³-hybridized carbons (Fsp3) is 0.800. The first-order valence-corrected chi connectivity index (χ1v) is 7.52. The Balaban J connectivity index is 1.91. The van der Waals surface area contributed by atoms with Crippen LogP contribution in [0.1, 0.15) is 33.1 Å². The number of carbonyl (C=O) groups excluding carboxylic acids is 1. The smallest absolute Gasteiger partial charge is 0.288 e. The molecule has 0 radical (unpaired) electrons. The molecule has 2 aliphatic heterocycles. The first kappa shape index (κ1) is 15.3. The number of aliphatic hydroxyl groups excluding tert-OH is 1. The Morgan fingerprint density at radius 1 is 1.50 bits per heavy atom. The summed E-state index contributed by atoms with van der Waals surface area (Å²) < 4.78 is 11.4. The summed E-state index contributed by atoms with van der Waals surface area (Å²) in [4.78, 5) is 13.9. The van der Waals surface area contributed by atoms with E-state index in [0.717, 1.165) is 32.4 Å². The molecule has 0 bridgehead atoms. The van der Waals surface area contributed by atoms with Crippen molar-refractivity contribution in [1.29, 1.82) is 0 Å². The van der Waals surface area contributed by atoms with Crippen LogP contribution in [0, 0.1) is 11.8 Å². The van der Waals surface area contributed by atoms with E-state index in [1.807, 2.05) is 6.08 Å². The molecule has 0 aromatic rings. The third kappa shape index (κ3) is 4.21. The minimum absolute atomic E-state index is 0.0145. The molecule has 5 nitrogen and oxygen atoms in total. The van der Waals surface area contributed by atoms with Crippen molar-refractivity contribution < 1.29 is 19.4 Å². The Bertz CT molecular complexity index is 363. The molecule has 2 atom stereocenters. The summed E-state index contributed by atoms with van der Waals surface area (Å²) in [5.74, 6) is 1.20. The van der Waals surface area contributed by atoms with Crippen LogP contribution in [0.2, 0.25) is 0 Å². The Labute approximate surface area is 120 Å². The number of allylic oxidation sites excluding steroid dienone is 1. The average Bonchev–Trinajstić information content (AvgIpc) is 3.27. The second kappa shape index (κ2) is 7.09. The fourth-order valence-electron chi connectivity index (χ4n) is 2.24.